The maximum atomic E-state index is 12.7. The van der Waals surface area contributed by atoms with Crippen molar-refractivity contribution in [3.8, 4) is 0 Å². The van der Waals surface area contributed by atoms with Gasteiger partial charge in [-0.2, -0.15) is 4.99 Å². The molecule has 11 heteroatoms. The van der Waals surface area contributed by atoms with Crippen LogP contribution in [0.5, 0.6) is 0 Å². The zero-order valence-corrected chi connectivity index (χ0v) is 16.2. The van der Waals surface area contributed by atoms with Crippen molar-refractivity contribution in [1.82, 2.24) is 4.90 Å². The van der Waals surface area contributed by atoms with Crippen LogP contribution >= 0.6 is 0 Å². The number of aliphatic imine (C=N–C) groups is 1. The van der Waals surface area contributed by atoms with E-state index >= 15 is 0 Å². The highest BCUT2D eigenvalue weighted by Crippen LogP contribution is 2.37. The summed E-state index contributed by atoms with van der Waals surface area (Å²) >= 11 is 0. The van der Waals surface area contributed by atoms with Crippen LogP contribution in [0.25, 0.3) is 0 Å². The molecule has 11 nitrogen and oxygen atoms in total. The molecule has 0 N–H and O–H groups in total. The Labute approximate surface area is 160 Å². The average Bonchev–Trinajstić information content (AvgIpc) is 2.89. The Bertz CT molecular complexity index is 824. The van der Waals surface area contributed by atoms with E-state index in [2.05, 4.69) is 9.73 Å². The molecule has 0 aromatic heterocycles. The third kappa shape index (κ3) is 3.30. The number of carbonyl (C=O) groups is 4. The van der Waals surface area contributed by atoms with E-state index < -0.39 is 47.1 Å². The van der Waals surface area contributed by atoms with Crippen molar-refractivity contribution >= 4 is 29.9 Å². The first-order valence-corrected chi connectivity index (χ1v) is 8.03. The number of hydrogen-bond donors (Lipinski definition) is 0. The SMILES string of the molecule is COC(=O)C1=C(C(=O)OC)C(C(=O)OC)C(C(=O)OC)N2C(=N1)OC(C)=C2C. The minimum atomic E-state index is -1.61. The predicted molar refractivity (Wildman–Crippen MR) is 91.1 cm³/mol. The fraction of sp³-hybridized carbons (Fsp3) is 0.471. The monoisotopic (exact) mass is 396 g/mol. The number of hydrogen-bond acceptors (Lipinski definition) is 11. The number of carbonyl (C=O) groups excluding carboxylic acids is 4. The number of fused-ring (bicyclic) bond motifs is 1. The Kier molecular flexibility index (Phi) is 6.06. The first kappa shape index (κ1) is 20.9. The van der Waals surface area contributed by atoms with Gasteiger partial charge in [-0.05, 0) is 13.8 Å². The van der Waals surface area contributed by atoms with Crippen LogP contribution in [0.4, 0.5) is 0 Å². The molecular weight excluding hydrogens is 376 g/mol. The molecule has 2 aliphatic heterocycles. The zero-order chi connectivity index (χ0) is 21.2. The Morgan fingerprint density at radius 1 is 0.893 bits per heavy atom. The second-order valence-electron chi connectivity index (χ2n) is 5.72. The van der Waals surface area contributed by atoms with Crippen molar-refractivity contribution in [2.24, 2.45) is 10.9 Å². The molecule has 0 bridgehead atoms. The van der Waals surface area contributed by atoms with E-state index in [9.17, 15) is 19.2 Å². The molecule has 2 unspecified atom stereocenters. The van der Waals surface area contributed by atoms with Gasteiger partial charge in [-0.15, -0.1) is 0 Å². The normalized spacial score (nSPS) is 21.2. The minimum Gasteiger partial charge on any atom is -0.468 e. The minimum absolute atomic E-state index is 0.196. The van der Waals surface area contributed by atoms with Gasteiger partial charge in [0.1, 0.15) is 11.7 Å². The third-order valence-electron chi connectivity index (χ3n) is 4.37. The largest absolute Gasteiger partial charge is 0.468 e. The molecule has 0 aromatic carbocycles. The standard InChI is InChI=1S/C17H20N2O9/c1-7-8(2)28-17-18-11(15(22)26-5)9(13(20)24-3)10(14(21)25-4)12(19(7)17)16(23)27-6/h10,12H,1-6H3. The lowest BCUT2D eigenvalue weighted by molar-refractivity contribution is -0.157. The fourth-order valence-corrected chi connectivity index (χ4v) is 2.91. The molecule has 0 saturated carbocycles. The average molecular weight is 396 g/mol. The summed E-state index contributed by atoms with van der Waals surface area (Å²) in [5, 5.41) is 0. The molecule has 0 aromatic rings. The summed E-state index contributed by atoms with van der Waals surface area (Å²) in [7, 11) is 4.31. The van der Waals surface area contributed by atoms with Crippen LogP contribution in [0.15, 0.2) is 27.7 Å². The molecule has 0 aliphatic carbocycles. The topological polar surface area (TPSA) is 130 Å². The number of allylic oxidation sites excluding steroid dienone is 2. The van der Waals surface area contributed by atoms with Gasteiger partial charge in [-0.25, -0.2) is 14.4 Å². The van der Waals surface area contributed by atoms with Crippen molar-refractivity contribution in [3.05, 3.63) is 22.7 Å². The van der Waals surface area contributed by atoms with Gasteiger partial charge in [0, 0.05) is 0 Å². The summed E-state index contributed by atoms with van der Waals surface area (Å²) < 4.78 is 24.6. The quantitative estimate of drug-likeness (QED) is 0.468. The zero-order valence-electron chi connectivity index (χ0n) is 16.2. The van der Waals surface area contributed by atoms with E-state index in [1.54, 1.807) is 13.8 Å². The molecule has 2 rings (SSSR count). The highest BCUT2D eigenvalue weighted by molar-refractivity contribution is 6.08. The van der Waals surface area contributed by atoms with Crippen molar-refractivity contribution in [3.63, 3.8) is 0 Å². The van der Waals surface area contributed by atoms with E-state index in [0.717, 1.165) is 28.4 Å². The van der Waals surface area contributed by atoms with Crippen LogP contribution in [-0.4, -0.2) is 69.3 Å². The molecule has 0 fully saturated rings. The lowest BCUT2D eigenvalue weighted by Crippen LogP contribution is -2.50. The molecule has 2 heterocycles. The number of methoxy groups -OCH3 is 4. The Hall–Kier alpha value is -3.37. The van der Waals surface area contributed by atoms with Gasteiger partial charge < -0.3 is 23.7 Å². The van der Waals surface area contributed by atoms with Crippen molar-refractivity contribution in [1.29, 1.82) is 0 Å². The van der Waals surface area contributed by atoms with Crippen LogP contribution in [0.2, 0.25) is 0 Å². The number of amidine groups is 1. The lowest BCUT2D eigenvalue weighted by Gasteiger charge is -2.30. The molecule has 0 saturated heterocycles. The van der Waals surface area contributed by atoms with E-state index in [0.29, 0.717) is 11.5 Å². The van der Waals surface area contributed by atoms with E-state index in [4.69, 9.17) is 18.9 Å². The molecule has 0 spiro atoms. The van der Waals surface area contributed by atoms with Gasteiger partial charge in [-0.1, -0.05) is 0 Å². The summed E-state index contributed by atoms with van der Waals surface area (Å²) in [5.41, 5.74) is -0.621. The summed E-state index contributed by atoms with van der Waals surface area (Å²) in [6, 6.07) is -1.64. The molecule has 2 aliphatic rings. The van der Waals surface area contributed by atoms with Gasteiger partial charge in [0.25, 0.3) is 0 Å². The lowest BCUT2D eigenvalue weighted by atomic mass is 9.88. The van der Waals surface area contributed by atoms with Crippen molar-refractivity contribution in [2.45, 2.75) is 19.9 Å². The smallest absolute Gasteiger partial charge is 0.357 e. The number of ether oxygens (including phenoxy) is 5. The van der Waals surface area contributed by atoms with Gasteiger partial charge >= 0.3 is 29.9 Å². The third-order valence-corrected chi connectivity index (χ3v) is 4.37. The van der Waals surface area contributed by atoms with Crippen molar-refractivity contribution in [2.75, 3.05) is 28.4 Å². The highest BCUT2D eigenvalue weighted by Gasteiger charge is 2.52. The van der Waals surface area contributed by atoms with Crippen LogP contribution < -0.4 is 0 Å². The first-order chi connectivity index (χ1) is 13.2. The molecule has 152 valence electrons. The maximum Gasteiger partial charge on any atom is 0.357 e. The van der Waals surface area contributed by atoms with Crippen LogP contribution in [-0.2, 0) is 42.9 Å². The fourth-order valence-electron chi connectivity index (χ4n) is 2.91. The molecule has 2 atom stereocenters. The second-order valence-corrected chi connectivity index (χ2v) is 5.72. The van der Waals surface area contributed by atoms with Gasteiger partial charge in [0.05, 0.1) is 39.7 Å². The summed E-state index contributed by atoms with van der Waals surface area (Å²) in [5.74, 6) is -5.18. The first-order valence-electron chi connectivity index (χ1n) is 8.03. The van der Waals surface area contributed by atoms with Gasteiger partial charge in [0.2, 0.25) is 0 Å². The molecule has 28 heavy (non-hydrogen) atoms. The van der Waals surface area contributed by atoms with Crippen LogP contribution in [0, 0.1) is 5.92 Å². The summed E-state index contributed by atoms with van der Waals surface area (Å²) in [6.07, 6.45) is 0. The van der Waals surface area contributed by atoms with Gasteiger partial charge in [-0.3, -0.25) is 9.69 Å². The van der Waals surface area contributed by atoms with Crippen molar-refractivity contribution < 1.29 is 42.9 Å². The predicted octanol–water partition coefficient (Wildman–Crippen LogP) is -0.129. The second kappa shape index (κ2) is 8.11. The number of nitrogens with zero attached hydrogens (tertiary/aromatic N) is 2. The van der Waals surface area contributed by atoms with Crippen LogP contribution in [0.1, 0.15) is 13.8 Å². The Morgan fingerprint density at radius 2 is 1.46 bits per heavy atom. The maximum absolute atomic E-state index is 12.7. The van der Waals surface area contributed by atoms with Gasteiger partial charge in [0.15, 0.2) is 11.7 Å². The number of esters is 4. The number of rotatable bonds is 4. The van der Waals surface area contributed by atoms with Crippen LogP contribution in [0.3, 0.4) is 0 Å². The van der Waals surface area contributed by atoms with E-state index in [1.165, 1.54) is 4.90 Å². The van der Waals surface area contributed by atoms with E-state index in [-0.39, 0.29) is 6.02 Å². The summed E-state index contributed by atoms with van der Waals surface area (Å²) in [4.78, 5) is 55.5. The summed E-state index contributed by atoms with van der Waals surface area (Å²) in [6.45, 7) is 3.22. The molecular formula is C17H20N2O9. The van der Waals surface area contributed by atoms with E-state index in [1.807, 2.05) is 0 Å². The molecule has 0 radical (unpaired) electrons. The molecule has 0 amide bonds. The Balaban J connectivity index is 2.90. The Morgan fingerprint density at radius 3 is 1.96 bits per heavy atom. The highest BCUT2D eigenvalue weighted by atomic mass is 16.5.